The zero-order valence-corrected chi connectivity index (χ0v) is 9.86. The minimum absolute atomic E-state index is 1.37. The Morgan fingerprint density at radius 3 is 1.36 bits per heavy atom. The van der Waals surface area contributed by atoms with E-state index in [-0.39, 0.29) is 0 Å². The first-order valence-electron chi connectivity index (χ1n) is 6.57. The minimum atomic E-state index is 1.37. The molecule has 0 aromatic heterocycles. The smallest absolute Gasteiger partial charge is 0.0320 e. The molecule has 1 fully saturated rings. The third kappa shape index (κ3) is 5.47. The second kappa shape index (κ2) is 8.08. The number of hydrogen-bond donors (Lipinski definition) is 0. The van der Waals surface area contributed by atoms with Crippen molar-refractivity contribution >= 4 is 0 Å². The molecule has 0 heteroatoms. The Morgan fingerprint density at radius 2 is 1.00 bits per heavy atom. The summed E-state index contributed by atoms with van der Waals surface area (Å²) in [5.74, 6) is 0. The summed E-state index contributed by atoms with van der Waals surface area (Å²) in [6.45, 7) is 2.21. The Balaban J connectivity index is 2.24. The van der Waals surface area contributed by atoms with Gasteiger partial charge in [0, 0.05) is 0 Å². The lowest BCUT2D eigenvalue weighted by Crippen LogP contribution is -1.89. The highest BCUT2D eigenvalue weighted by Gasteiger charge is 2.00. The van der Waals surface area contributed by atoms with Crippen LogP contribution in [0.3, 0.4) is 0 Å². The van der Waals surface area contributed by atoms with Crippen LogP contribution >= 0.6 is 0 Å². The standard InChI is InChI=1S/C14H26/c1-2-14-12-10-8-6-4-3-5-7-9-11-13-14/h2H,3-13H2,1H3. The first-order valence-corrected chi connectivity index (χ1v) is 6.57. The summed E-state index contributed by atoms with van der Waals surface area (Å²) in [4.78, 5) is 0. The molecule has 0 amide bonds. The summed E-state index contributed by atoms with van der Waals surface area (Å²) in [5, 5.41) is 0. The normalized spacial score (nSPS) is 22.2. The third-order valence-electron chi connectivity index (χ3n) is 3.40. The van der Waals surface area contributed by atoms with Crippen molar-refractivity contribution in [2.75, 3.05) is 0 Å². The van der Waals surface area contributed by atoms with E-state index in [1.165, 1.54) is 70.6 Å². The van der Waals surface area contributed by atoms with Gasteiger partial charge in [-0.2, -0.15) is 0 Å². The van der Waals surface area contributed by atoms with Gasteiger partial charge in [0.1, 0.15) is 0 Å². The van der Waals surface area contributed by atoms with Crippen LogP contribution in [0.2, 0.25) is 0 Å². The van der Waals surface area contributed by atoms with Crippen molar-refractivity contribution in [3.8, 4) is 0 Å². The lowest BCUT2D eigenvalue weighted by Gasteiger charge is -2.09. The van der Waals surface area contributed by atoms with Crippen molar-refractivity contribution < 1.29 is 0 Å². The third-order valence-corrected chi connectivity index (χ3v) is 3.40. The summed E-state index contributed by atoms with van der Waals surface area (Å²) < 4.78 is 0. The Labute approximate surface area is 89.8 Å². The molecule has 0 saturated heterocycles. The van der Waals surface area contributed by atoms with Crippen molar-refractivity contribution in [3.05, 3.63) is 11.6 Å². The molecule has 1 rings (SSSR count). The Morgan fingerprint density at radius 1 is 0.643 bits per heavy atom. The Kier molecular flexibility index (Phi) is 6.82. The van der Waals surface area contributed by atoms with Gasteiger partial charge in [0.2, 0.25) is 0 Å². The molecule has 0 heterocycles. The van der Waals surface area contributed by atoms with E-state index < -0.39 is 0 Å². The quantitative estimate of drug-likeness (QED) is 0.463. The van der Waals surface area contributed by atoms with Crippen LogP contribution in [-0.4, -0.2) is 0 Å². The summed E-state index contributed by atoms with van der Waals surface area (Å²) >= 11 is 0. The maximum Gasteiger partial charge on any atom is -0.0320 e. The molecule has 0 aliphatic heterocycles. The summed E-state index contributed by atoms with van der Waals surface area (Å²) in [7, 11) is 0. The largest absolute Gasteiger partial charge is 0.0885 e. The molecule has 0 bridgehead atoms. The first kappa shape index (κ1) is 11.8. The van der Waals surface area contributed by atoms with Crippen LogP contribution < -0.4 is 0 Å². The van der Waals surface area contributed by atoms with Crippen molar-refractivity contribution in [1.82, 2.24) is 0 Å². The molecule has 1 aliphatic rings. The molecule has 14 heavy (non-hydrogen) atoms. The Bertz CT molecular complexity index is 141. The highest BCUT2D eigenvalue weighted by atomic mass is 14.1. The first-order chi connectivity index (χ1) is 6.93. The molecular weight excluding hydrogens is 168 g/mol. The van der Waals surface area contributed by atoms with Crippen LogP contribution in [0.15, 0.2) is 11.6 Å². The van der Waals surface area contributed by atoms with Crippen LogP contribution in [-0.2, 0) is 0 Å². The van der Waals surface area contributed by atoms with Gasteiger partial charge in [-0.3, -0.25) is 0 Å². The van der Waals surface area contributed by atoms with Gasteiger partial charge >= 0.3 is 0 Å². The lowest BCUT2D eigenvalue weighted by atomic mass is 9.97. The van der Waals surface area contributed by atoms with E-state index in [0.717, 1.165) is 0 Å². The monoisotopic (exact) mass is 194 g/mol. The number of allylic oxidation sites excluding steroid dienone is 2. The molecule has 0 N–H and O–H groups in total. The van der Waals surface area contributed by atoms with Crippen LogP contribution in [0, 0.1) is 0 Å². The van der Waals surface area contributed by atoms with E-state index in [1.54, 1.807) is 5.57 Å². The number of hydrogen-bond acceptors (Lipinski definition) is 0. The van der Waals surface area contributed by atoms with Gasteiger partial charge < -0.3 is 0 Å². The van der Waals surface area contributed by atoms with E-state index in [4.69, 9.17) is 0 Å². The van der Waals surface area contributed by atoms with Gasteiger partial charge in [0.25, 0.3) is 0 Å². The maximum atomic E-state index is 2.35. The van der Waals surface area contributed by atoms with E-state index in [9.17, 15) is 0 Å². The van der Waals surface area contributed by atoms with Crippen LogP contribution in [0.5, 0.6) is 0 Å². The molecule has 0 aromatic rings. The average molecular weight is 194 g/mol. The molecule has 0 spiro atoms. The van der Waals surface area contributed by atoms with Crippen LogP contribution in [0.1, 0.15) is 77.6 Å². The molecule has 1 aliphatic carbocycles. The topological polar surface area (TPSA) is 0 Å². The lowest BCUT2D eigenvalue weighted by molar-refractivity contribution is 0.540. The van der Waals surface area contributed by atoms with Gasteiger partial charge in [-0.1, -0.05) is 56.6 Å². The molecular formula is C14H26. The minimum Gasteiger partial charge on any atom is -0.0885 e. The molecule has 0 radical (unpaired) electrons. The van der Waals surface area contributed by atoms with Gasteiger partial charge in [0.15, 0.2) is 0 Å². The predicted octanol–water partition coefficient (Wildman–Crippen LogP) is 5.24. The van der Waals surface area contributed by atoms with Gasteiger partial charge in [0.05, 0.1) is 0 Å². The Hall–Kier alpha value is -0.260. The van der Waals surface area contributed by atoms with Gasteiger partial charge in [-0.05, 0) is 32.6 Å². The molecule has 1 saturated carbocycles. The second-order valence-corrected chi connectivity index (χ2v) is 4.63. The second-order valence-electron chi connectivity index (χ2n) is 4.63. The average Bonchev–Trinajstić information content (AvgIpc) is 2.19. The van der Waals surface area contributed by atoms with Gasteiger partial charge in [-0.25, -0.2) is 0 Å². The van der Waals surface area contributed by atoms with E-state index >= 15 is 0 Å². The molecule has 0 nitrogen and oxygen atoms in total. The predicted molar refractivity (Wildman–Crippen MR) is 64.5 cm³/mol. The van der Waals surface area contributed by atoms with Crippen LogP contribution in [0.4, 0.5) is 0 Å². The fourth-order valence-electron chi connectivity index (χ4n) is 2.36. The SMILES string of the molecule is CC=C1CCCCCCCCCCC1. The van der Waals surface area contributed by atoms with E-state index in [1.807, 2.05) is 0 Å². The van der Waals surface area contributed by atoms with Crippen LogP contribution in [0.25, 0.3) is 0 Å². The highest BCUT2D eigenvalue weighted by molar-refractivity contribution is 4.99. The fraction of sp³-hybridized carbons (Fsp3) is 0.857. The zero-order chi connectivity index (χ0) is 10.1. The maximum absolute atomic E-state index is 2.35. The molecule has 0 aromatic carbocycles. The summed E-state index contributed by atoms with van der Waals surface area (Å²) in [6.07, 6.45) is 18.2. The van der Waals surface area contributed by atoms with Crippen molar-refractivity contribution in [2.24, 2.45) is 0 Å². The van der Waals surface area contributed by atoms with Crippen molar-refractivity contribution in [1.29, 1.82) is 0 Å². The van der Waals surface area contributed by atoms with E-state index in [0.29, 0.717) is 0 Å². The molecule has 0 atom stereocenters. The van der Waals surface area contributed by atoms with Gasteiger partial charge in [-0.15, -0.1) is 0 Å². The van der Waals surface area contributed by atoms with Crippen molar-refractivity contribution in [2.45, 2.75) is 77.6 Å². The zero-order valence-electron chi connectivity index (χ0n) is 9.86. The highest BCUT2D eigenvalue weighted by Crippen LogP contribution is 2.19. The molecule has 82 valence electrons. The summed E-state index contributed by atoms with van der Waals surface area (Å²) in [6, 6.07) is 0. The van der Waals surface area contributed by atoms with Crippen molar-refractivity contribution in [3.63, 3.8) is 0 Å². The van der Waals surface area contributed by atoms with E-state index in [2.05, 4.69) is 13.0 Å². The summed E-state index contributed by atoms with van der Waals surface area (Å²) in [5.41, 5.74) is 1.71. The number of rotatable bonds is 0. The fourth-order valence-corrected chi connectivity index (χ4v) is 2.36. The molecule has 0 unspecified atom stereocenters.